The van der Waals surface area contributed by atoms with Crippen molar-refractivity contribution in [3.63, 3.8) is 0 Å². The SMILES string of the molecule is ClCc1ccccc1/C=C/c1ccccc1. The molecule has 2 aromatic rings. The summed E-state index contributed by atoms with van der Waals surface area (Å²) < 4.78 is 0. The van der Waals surface area contributed by atoms with Gasteiger partial charge in [0, 0.05) is 5.88 Å². The lowest BCUT2D eigenvalue weighted by atomic mass is 10.1. The summed E-state index contributed by atoms with van der Waals surface area (Å²) in [7, 11) is 0. The molecule has 0 aromatic heterocycles. The molecule has 0 spiro atoms. The zero-order valence-electron chi connectivity index (χ0n) is 8.94. The number of rotatable bonds is 3. The third-order valence-corrected chi connectivity index (χ3v) is 2.74. The summed E-state index contributed by atoms with van der Waals surface area (Å²) in [6.07, 6.45) is 4.21. The molecule has 0 aliphatic carbocycles. The van der Waals surface area contributed by atoms with Gasteiger partial charge in [-0.15, -0.1) is 11.6 Å². The van der Waals surface area contributed by atoms with E-state index in [1.165, 1.54) is 11.1 Å². The maximum atomic E-state index is 5.88. The molecule has 0 radical (unpaired) electrons. The maximum absolute atomic E-state index is 5.88. The molecule has 16 heavy (non-hydrogen) atoms. The first-order valence-corrected chi connectivity index (χ1v) is 5.80. The minimum Gasteiger partial charge on any atom is -0.122 e. The Morgan fingerprint density at radius 3 is 2.25 bits per heavy atom. The Bertz CT molecular complexity index is 472. The van der Waals surface area contributed by atoms with Crippen LogP contribution in [0.4, 0.5) is 0 Å². The molecule has 0 fully saturated rings. The van der Waals surface area contributed by atoms with E-state index in [-0.39, 0.29) is 0 Å². The summed E-state index contributed by atoms with van der Waals surface area (Å²) in [5, 5.41) is 0. The van der Waals surface area contributed by atoms with E-state index in [4.69, 9.17) is 11.6 Å². The molecule has 0 aliphatic rings. The second-order valence-electron chi connectivity index (χ2n) is 3.58. The number of hydrogen-bond donors (Lipinski definition) is 0. The van der Waals surface area contributed by atoms with E-state index in [0.29, 0.717) is 5.88 Å². The minimum absolute atomic E-state index is 0.551. The first kappa shape index (κ1) is 11.0. The van der Waals surface area contributed by atoms with Crippen LogP contribution in [0.1, 0.15) is 16.7 Å². The topological polar surface area (TPSA) is 0 Å². The van der Waals surface area contributed by atoms with E-state index in [9.17, 15) is 0 Å². The van der Waals surface area contributed by atoms with Crippen LogP contribution in [-0.2, 0) is 5.88 Å². The predicted molar refractivity (Wildman–Crippen MR) is 71.4 cm³/mol. The van der Waals surface area contributed by atoms with Crippen LogP contribution in [0.2, 0.25) is 0 Å². The third-order valence-electron chi connectivity index (χ3n) is 2.45. The normalized spacial score (nSPS) is 10.8. The van der Waals surface area contributed by atoms with Crippen LogP contribution in [0.15, 0.2) is 54.6 Å². The molecule has 0 nitrogen and oxygen atoms in total. The standard InChI is InChI=1S/C15H13Cl/c16-12-15-9-5-4-8-14(15)11-10-13-6-2-1-3-7-13/h1-11H,12H2/b11-10+. The van der Waals surface area contributed by atoms with Gasteiger partial charge in [0.05, 0.1) is 0 Å². The van der Waals surface area contributed by atoms with E-state index in [1.807, 2.05) is 30.3 Å². The molecule has 2 aromatic carbocycles. The van der Waals surface area contributed by atoms with Gasteiger partial charge in [-0.3, -0.25) is 0 Å². The Morgan fingerprint density at radius 2 is 1.50 bits per heavy atom. The molecular formula is C15H13Cl. The van der Waals surface area contributed by atoms with Gasteiger partial charge >= 0.3 is 0 Å². The second kappa shape index (κ2) is 5.53. The second-order valence-corrected chi connectivity index (χ2v) is 3.84. The largest absolute Gasteiger partial charge is 0.122 e. The summed E-state index contributed by atoms with van der Waals surface area (Å²) in [6.45, 7) is 0. The van der Waals surface area contributed by atoms with E-state index < -0.39 is 0 Å². The number of halogens is 1. The van der Waals surface area contributed by atoms with Crippen LogP contribution < -0.4 is 0 Å². The summed E-state index contributed by atoms with van der Waals surface area (Å²) in [5.74, 6) is 0.551. The van der Waals surface area contributed by atoms with Crippen molar-refractivity contribution in [3.05, 3.63) is 71.3 Å². The van der Waals surface area contributed by atoms with Crippen molar-refractivity contribution in [2.24, 2.45) is 0 Å². The third kappa shape index (κ3) is 2.74. The van der Waals surface area contributed by atoms with E-state index in [1.54, 1.807) is 0 Å². The minimum atomic E-state index is 0.551. The van der Waals surface area contributed by atoms with Gasteiger partial charge in [-0.2, -0.15) is 0 Å². The smallest absolute Gasteiger partial charge is 0.0480 e. The number of alkyl halides is 1. The monoisotopic (exact) mass is 228 g/mol. The van der Waals surface area contributed by atoms with Crippen molar-refractivity contribution in [1.82, 2.24) is 0 Å². The van der Waals surface area contributed by atoms with Crippen molar-refractivity contribution in [2.75, 3.05) is 0 Å². The van der Waals surface area contributed by atoms with Gasteiger partial charge in [-0.1, -0.05) is 66.7 Å². The van der Waals surface area contributed by atoms with Gasteiger partial charge in [0.15, 0.2) is 0 Å². The zero-order chi connectivity index (χ0) is 11.2. The maximum Gasteiger partial charge on any atom is 0.0480 e. The van der Waals surface area contributed by atoms with Gasteiger partial charge in [0.1, 0.15) is 0 Å². The summed E-state index contributed by atoms with van der Waals surface area (Å²) in [4.78, 5) is 0. The molecule has 0 amide bonds. The Kier molecular flexibility index (Phi) is 3.79. The molecule has 0 atom stereocenters. The zero-order valence-corrected chi connectivity index (χ0v) is 9.69. The fourth-order valence-electron chi connectivity index (χ4n) is 1.57. The van der Waals surface area contributed by atoms with Crippen LogP contribution in [0, 0.1) is 0 Å². The summed E-state index contributed by atoms with van der Waals surface area (Å²) >= 11 is 5.88. The highest BCUT2D eigenvalue weighted by atomic mass is 35.5. The van der Waals surface area contributed by atoms with Gasteiger partial charge in [0.25, 0.3) is 0 Å². The van der Waals surface area contributed by atoms with Crippen molar-refractivity contribution in [2.45, 2.75) is 5.88 Å². The van der Waals surface area contributed by atoms with Crippen molar-refractivity contribution in [1.29, 1.82) is 0 Å². The molecule has 0 saturated heterocycles. The first-order chi connectivity index (χ1) is 7.90. The molecule has 0 bridgehead atoms. The van der Waals surface area contributed by atoms with Gasteiger partial charge < -0.3 is 0 Å². The van der Waals surface area contributed by atoms with Gasteiger partial charge in [-0.05, 0) is 16.7 Å². The molecule has 0 heterocycles. The molecular weight excluding hydrogens is 216 g/mol. The van der Waals surface area contributed by atoms with E-state index >= 15 is 0 Å². The molecule has 0 N–H and O–H groups in total. The highest BCUT2D eigenvalue weighted by molar-refractivity contribution is 6.17. The van der Waals surface area contributed by atoms with Crippen LogP contribution in [0.3, 0.4) is 0 Å². The van der Waals surface area contributed by atoms with Crippen molar-refractivity contribution < 1.29 is 0 Å². The van der Waals surface area contributed by atoms with Gasteiger partial charge in [0.2, 0.25) is 0 Å². The lowest BCUT2D eigenvalue weighted by Crippen LogP contribution is -1.82. The van der Waals surface area contributed by atoms with Crippen molar-refractivity contribution in [3.8, 4) is 0 Å². The molecule has 0 unspecified atom stereocenters. The quantitative estimate of drug-likeness (QED) is 0.532. The van der Waals surface area contributed by atoms with E-state index in [2.05, 4.69) is 36.4 Å². The average molecular weight is 229 g/mol. The Morgan fingerprint density at radius 1 is 0.812 bits per heavy atom. The summed E-state index contributed by atoms with van der Waals surface area (Å²) in [5.41, 5.74) is 3.55. The lowest BCUT2D eigenvalue weighted by Gasteiger charge is -2.00. The molecule has 0 saturated carbocycles. The van der Waals surface area contributed by atoms with Gasteiger partial charge in [-0.25, -0.2) is 0 Å². The fourth-order valence-corrected chi connectivity index (χ4v) is 1.81. The van der Waals surface area contributed by atoms with Crippen LogP contribution in [0.5, 0.6) is 0 Å². The van der Waals surface area contributed by atoms with Crippen LogP contribution in [0.25, 0.3) is 12.2 Å². The lowest BCUT2D eigenvalue weighted by molar-refractivity contribution is 1.38. The highest BCUT2D eigenvalue weighted by Crippen LogP contribution is 2.14. The number of benzene rings is 2. The van der Waals surface area contributed by atoms with E-state index in [0.717, 1.165) is 5.56 Å². The van der Waals surface area contributed by atoms with Crippen LogP contribution >= 0.6 is 11.6 Å². The predicted octanol–water partition coefficient (Wildman–Crippen LogP) is 4.60. The van der Waals surface area contributed by atoms with Crippen LogP contribution in [-0.4, -0.2) is 0 Å². The molecule has 80 valence electrons. The fraction of sp³-hybridized carbons (Fsp3) is 0.0667. The first-order valence-electron chi connectivity index (χ1n) is 5.27. The highest BCUT2D eigenvalue weighted by Gasteiger charge is 1.95. The molecule has 1 heteroatoms. The summed E-state index contributed by atoms with van der Waals surface area (Å²) in [6, 6.07) is 18.4. The molecule has 0 aliphatic heterocycles. The Balaban J connectivity index is 2.24. The number of hydrogen-bond acceptors (Lipinski definition) is 0. The Hall–Kier alpha value is -1.53. The Labute approximate surface area is 101 Å². The van der Waals surface area contributed by atoms with Crippen molar-refractivity contribution >= 4 is 23.8 Å². The average Bonchev–Trinajstić information content (AvgIpc) is 2.38. The molecule has 2 rings (SSSR count).